The van der Waals surface area contributed by atoms with Gasteiger partial charge >= 0.3 is 0 Å². The van der Waals surface area contributed by atoms with Gasteiger partial charge in [0.2, 0.25) is 0 Å². The van der Waals surface area contributed by atoms with Gasteiger partial charge in [-0.1, -0.05) is 11.6 Å². The fraction of sp³-hybridized carbons (Fsp3) is 0.375. The van der Waals surface area contributed by atoms with E-state index in [2.05, 4.69) is 10.3 Å². The van der Waals surface area contributed by atoms with Crippen LogP contribution in [0.3, 0.4) is 0 Å². The molecule has 0 amide bonds. The molecule has 1 N–H and O–H groups in total. The molecule has 4 heteroatoms. The van der Waals surface area contributed by atoms with Crippen molar-refractivity contribution in [3.8, 4) is 0 Å². The number of aromatic nitrogens is 1. The van der Waals surface area contributed by atoms with Crippen molar-refractivity contribution in [1.29, 1.82) is 0 Å². The van der Waals surface area contributed by atoms with Crippen molar-refractivity contribution in [1.82, 2.24) is 10.3 Å². The number of pyridine rings is 1. The molecule has 2 heterocycles. The SMILES string of the molecule is Cl.Clc1cnc2c(c1)CNCC2. The van der Waals surface area contributed by atoms with Crippen LogP contribution in [0.4, 0.5) is 0 Å². The van der Waals surface area contributed by atoms with Crippen molar-refractivity contribution in [3.05, 3.63) is 28.5 Å². The van der Waals surface area contributed by atoms with Gasteiger partial charge in [0.15, 0.2) is 0 Å². The molecule has 2 nitrogen and oxygen atoms in total. The third-order valence-corrected chi connectivity index (χ3v) is 2.09. The standard InChI is InChI=1S/C8H9ClN2.ClH/c9-7-3-6-4-10-2-1-8(6)11-5-7;/h3,5,10H,1-2,4H2;1H. The molecule has 0 atom stereocenters. The minimum absolute atomic E-state index is 0. The van der Waals surface area contributed by atoms with Crippen molar-refractivity contribution in [2.45, 2.75) is 13.0 Å². The maximum atomic E-state index is 5.79. The summed E-state index contributed by atoms with van der Waals surface area (Å²) in [6.45, 7) is 1.94. The second-order valence-electron chi connectivity index (χ2n) is 2.69. The summed E-state index contributed by atoms with van der Waals surface area (Å²) in [6, 6.07) is 1.98. The van der Waals surface area contributed by atoms with Crippen molar-refractivity contribution in [2.24, 2.45) is 0 Å². The van der Waals surface area contributed by atoms with Crippen LogP contribution in [-0.4, -0.2) is 11.5 Å². The molecule has 1 aliphatic rings. The maximum Gasteiger partial charge on any atom is 0.0592 e. The lowest BCUT2D eigenvalue weighted by atomic mass is 10.1. The maximum absolute atomic E-state index is 5.79. The first-order chi connectivity index (χ1) is 5.36. The molecule has 0 spiro atoms. The first kappa shape index (κ1) is 9.78. The highest BCUT2D eigenvalue weighted by Crippen LogP contribution is 2.15. The number of nitrogens with one attached hydrogen (secondary N) is 1. The topological polar surface area (TPSA) is 24.9 Å². The molecule has 0 saturated heterocycles. The van der Waals surface area contributed by atoms with Crippen LogP contribution < -0.4 is 5.32 Å². The summed E-state index contributed by atoms with van der Waals surface area (Å²) in [5, 5.41) is 4.00. The molecule has 1 aromatic heterocycles. The van der Waals surface area contributed by atoms with E-state index in [1.165, 1.54) is 11.3 Å². The van der Waals surface area contributed by atoms with E-state index in [0.717, 1.165) is 24.5 Å². The van der Waals surface area contributed by atoms with E-state index in [4.69, 9.17) is 11.6 Å². The summed E-state index contributed by atoms with van der Waals surface area (Å²) in [4.78, 5) is 4.25. The zero-order chi connectivity index (χ0) is 7.68. The molecule has 0 bridgehead atoms. The molecule has 66 valence electrons. The molecule has 0 saturated carbocycles. The monoisotopic (exact) mass is 204 g/mol. The Balaban J connectivity index is 0.000000720. The molecule has 12 heavy (non-hydrogen) atoms. The number of fused-ring (bicyclic) bond motifs is 1. The molecular weight excluding hydrogens is 195 g/mol. The Morgan fingerprint density at radius 3 is 3.17 bits per heavy atom. The average molecular weight is 205 g/mol. The molecular formula is C8H10Cl2N2. The van der Waals surface area contributed by atoms with Crippen molar-refractivity contribution in [3.63, 3.8) is 0 Å². The third kappa shape index (κ3) is 1.89. The molecule has 0 radical (unpaired) electrons. The smallest absolute Gasteiger partial charge is 0.0592 e. The van der Waals surface area contributed by atoms with Crippen LogP contribution in [-0.2, 0) is 13.0 Å². The Bertz CT molecular complexity index is 276. The van der Waals surface area contributed by atoms with Gasteiger partial charge in [0, 0.05) is 31.4 Å². The van der Waals surface area contributed by atoms with Crippen LogP contribution in [0.5, 0.6) is 0 Å². The Morgan fingerprint density at radius 1 is 1.50 bits per heavy atom. The van der Waals surface area contributed by atoms with Crippen LogP contribution in [0.1, 0.15) is 11.3 Å². The van der Waals surface area contributed by atoms with Gasteiger partial charge in [0.1, 0.15) is 0 Å². The zero-order valence-corrected chi connectivity index (χ0v) is 8.08. The second-order valence-corrected chi connectivity index (χ2v) is 3.12. The third-order valence-electron chi connectivity index (χ3n) is 1.88. The Hall–Kier alpha value is -0.310. The van der Waals surface area contributed by atoms with E-state index in [-0.39, 0.29) is 12.4 Å². The Labute approximate surface area is 82.7 Å². The van der Waals surface area contributed by atoms with Crippen LogP contribution >= 0.6 is 24.0 Å². The van der Waals surface area contributed by atoms with Crippen LogP contribution in [0, 0.1) is 0 Å². The number of nitrogens with zero attached hydrogens (tertiary/aromatic N) is 1. The van der Waals surface area contributed by atoms with Crippen molar-refractivity contribution < 1.29 is 0 Å². The summed E-state index contributed by atoms with van der Waals surface area (Å²) >= 11 is 5.79. The summed E-state index contributed by atoms with van der Waals surface area (Å²) < 4.78 is 0. The normalized spacial score (nSPS) is 14.8. The average Bonchev–Trinajstić information content (AvgIpc) is 2.04. The predicted molar refractivity (Wildman–Crippen MR) is 51.9 cm³/mol. The van der Waals surface area contributed by atoms with E-state index >= 15 is 0 Å². The predicted octanol–water partition coefficient (Wildman–Crippen LogP) is 1.80. The van der Waals surface area contributed by atoms with E-state index in [0.29, 0.717) is 0 Å². The van der Waals surface area contributed by atoms with E-state index in [9.17, 15) is 0 Å². The van der Waals surface area contributed by atoms with Crippen LogP contribution in [0.15, 0.2) is 12.3 Å². The minimum atomic E-state index is 0. The van der Waals surface area contributed by atoms with Crippen molar-refractivity contribution >= 4 is 24.0 Å². The first-order valence-electron chi connectivity index (χ1n) is 3.70. The molecule has 0 unspecified atom stereocenters. The fourth-order valence-electron chi connectivity index (χ4n) is 1.32. The zero-order valence-electron chi connectivity index (χ0n) is 6.51. The van der Waals surface area contributed by atoms with Gasteiger partial charge in [-0.25, -0.2) is 0 Å². The van der Waals surface area contributed by atoms with Gasteiger partial charge in [-0.3, -0.25) is 4.98 Å². The molecule has 2 rings (SSSR count). The van der Waals surface area contributed by atoms with Crippen LogP contribution in [0.25, 0.3) is 0 Å². The van der Waals surface area contributed by atoms with Gasteiger partial charge in [-0.15, -0.1) is 12.4 Å². The van der Waals surface area contributed by atoms with E-state index in [1.54, 1.807) is 6.20 Å². The van der Waals surface area contributed by atoms with Crippen molar-refractivity contribution in [2.75, 3.05) is 6.54 Å². The largest absolute Gasteiger partial charge is 0.312 e. The highest BCUT2D eigenvalue weighted by atomic mass is 35.5. The lowest BCUT2D eigenvalue weighted by Crippen LogP contribution is -2.24. The number of halogens is 2. The highest BCUT2D eigenvalue weighted by Gasteiger charge is 2.08. The summed E-state index contributed by atoms with van der Waals surface area (Å²) in [5.74, 6) is 0. The summed E-state index contributed by atoms with van der Waals surface area (Å²) in [6.07, 6.45) is 2.73. The molecule has 0 fully saturated rings. The van der Waals surface area contributed by atoms with E-state index < -0.39 is 0 Å². The number of hydrogen-bond acceptors (Lipinski definition) is 2. The molecule has 0 aromatic carbocycles. The van der Waals surface area contributed by atoms with Gasteiger partial charge in [0.05, 0.1) is 5.02 Å². The quantitative estimate of drug-likeness (QED) is 0.698. The number of rotatable bonds is 0. The molecule has 0 aliphatic carbocycles. The lowest BCUT2D eigenvalue weighted by molar-refractivity contribution is 0.630. The molecule has 1 aliphatic heterocycles. The minimum Gasteiger partial charge on any atom is -0.312 e. The van der Waals surface area contributed by atoms with Gasteiger partial charge in [0.25, 0.3) is 0 Å². The van der Waals surface area contributed by atoms with Crippen LogP contribution in [0.2, 0.25) is 5.02 Å². The first-order valence-corrected chi connectivity index (χ1v) is 4.08. The lowest BCUT2D eigenvalue weighted by Gasteiger charge is -2.15. The Kier molecular flexibility index (Phi) is 3.32. The Morgan fingerprint density at radius 2 is 2.33 bits per heavy atom. The summed E-state index contributed by atoms with van der Waals surface area (Å²) in [7, 11) is 0. The second kappa shape index (κ2) is 4.08. The fourth-order valence-corrected chi connectivity index (χ4v) is 1.50. The highest BCUT2D eigenvalue weighted by molar-refractivity contribution is 6.30. The van der Waals surface area contributed by atoms with Gasteiger partial charge in [-0.05, 0) is 11.6 Å². The molecule has 1 aromatic rings. The van der Waals surface area contributed by atoms with Gasteiger partial charge < -0.3 is 5.32 Å². The van der Waals surface area contributed by atoms with Gasteiger partial charge in [-0.2, -0.15) is 0 Å². The number of hydrogen-bond donors (Lipinski definition) is 1. The van der Waals surface area contributed by atoms with E-state index in [1.807, 2.05) is 6.07 Å². The summed E-state index contributed by atoms with van der Waals surface area (Å²) in [5.41, 5.74) is 2.43.